The molecule has 0 unspecified atom stereocenters. The van der Waals surface area contributed by atoms with Crippen LogP contribution in [0, 0.1) is 6.92 Å². The molecular formula is C10H8NOP. The van der Waals surface area contributed by atoms with Gasteiger partial charge in [0.25, 0.3) is 0 Å². The van der Waals surface area contributed by atoms with Crippen molar-refractivity contribution in [3.8, 4) is 0 Å². The standard InChI is InChI=1S/C10H8NOP/c1-7-2-3-8-6-9(13-12)4-5-10(8)11-7/h2-6H,1H3. The zero-order chi connectivity index (χ0) is 9.26. The summed E-state index contributed by atoms with van der Waals surface area (Å²) in [6.45, 7) is 1.96. The Morgan fingerprint density at radius 3 is 2.85 bits per heavy atom. The van der Waals surface area contributed by atoms with E-state index in [1.165, 1.54) is 0 Å². The third-order valence-corrected chi connectivity index (χ3v) is 2.41. The van der Waals surface area contributed by atoms with E-state index >= 15 is 0 Å². The van der Waals surface area contributed by atoms with Gasteiger partial charge in [-0.2, -0.15) is 0 Å². The van der Waals surface area contributed by atoms with E-state index in [1.807, 2.05) is 37.3 Å². The van der Waals surface area contributed by atoms with Gasteiger partial charge in [-0.3, -0.25) is 9.55 Å². The van der Waals surface area contributed by atoms with Crippen LogP contribution in [0.3, 0.4) is 0 Å². The van der Waals surface area contributed by atoms with Crippen molar-refractivity contribution in [1.29, 1.82) is 0 Å². The molecular weight excluding hydrogens is 181 g/mol. The minimum atomic E-state index is 0.0614. The Morgan fingerprint density at radius 2 is 2.08 bits per heavy atom. The lowest BCUT2D eigenvalue weighted by atomic mass is 10.2. The first kappa shape index (κ1) is 8.33. The highest BCUT2D eigenvalue weighted by Crippen LogP contribution is 2.12. The molecule has 0 aliphatic rings. The lowest BCUT2D eigenvalue weighted by Crippen LogP contribution is -1.91. The summed E-state index contributed by atoms with van der Waals surface area (Å²) in [4.78, 5) is 4.35. The first-order valence-electron chi connectivity index (χ1n) is 4.00. The van der Waals surface area contributed by atoms with E-state index in [-0.39, 0.29) is 8.46 Å². The van der Waals surface area contributed by atoms with Crippen LogP contribution in [0.5, 0.6) is 0 Å². The third-order valence-electron chi connectivity index (χ3n) is 1.92. The maximum atomic E-state index is 10.6. The average Bonchev–Trinajstić information content (AvgIpc) is 2.17. The van der Waals surface area contributed by atoms with Gasteiger partial charge in [-0.1, -0.05) is 6.07 Å². The van der Waals surface area contributed by atoms with Crippen LogP contribution in [0.1, 0.15) is 5.69 Å². The SMILES string of the molecule is Cc1ccc2cc(P=O)ccc2n1. The Morgan fingerprint density at radius 1 is 1.23 bits per heavy atom. The van der Waals surface area contributed by atoms with Gasteiger partial charge in [0.2, 0.25) is 0 Å². The Bertz CT molecular complexity index is 467. The van der Waals surface area contributed by atoms with Crippen molar-refractivity contribution in [3.63, 3.8) is 0 Å². The van der Waals surface area contributed by atoms with Gasteiger partial charge < -0.3 is 0 Å². The monoisotopic (exact) mass is 189 g/mol. The van der Waals surface area contributed by atoms with Gasteiger partial charge in [-0.15, -0.1) is 0 Å². The summed E-state index contributed by atoms with van der Waals surface area (Å²) < 4.78 is 10.6. The van der Waals surface area contributed by atoms with Crippen molar-refractivity contribution in [1.82, 2.24) is 4.98 Å². The first-order valence-corrected chi connectivity index (χ1v) is 4.81. The van der Waals surface area contributed by atoms with Crippen LogP contribution in [0.4, 0.5) is 0 Å². The van der Waals surface area contributed by atoms with Gasteiger partial charge in [0.05, 0.1) is 5.52 Å². The summed E-state index contributed by atoms with van der Waals surface area (Å²) in [6, 6.07) is 9.54. The van der Waals surface area contributed by atoms with Gasteiger partial charge in [0, 0.05) is 16.4 Å². The molecule has 1 heterocycles. The van der Waals surface area contributed by atoms with Crippen LogP contribution in [-0.4, -0.2) is 4.98 Å². The lowest BCUT2D eigenvalue weighted by molar-refractivity contribution is 0.603. The highest BCUT2D eigenvalue weighted by molar-refractivity contribution is 7.34. The molecule has 13 heavy (non-hydrogen) atoms. The van der Waals surface area contributed by atoms with E-state index in [4.69, 9.17) is 0 Å². The Hall–Kier alpha value is -1.27. The zero-order valence-electron chi connectivity index (χ0n) is 7.19. The van der Waals surface area contributed by atoms with Gasteiger partial charge in [0.15, 0.2) is 8.46 Å². The molecule has 0 spiro atoms. The van der Waals surface area contributed by atoms with Crippen molar-refractivity contribution < 1.29 is 4.57 Å². The largest absolute Gasteiger partial charge is 0.269 e. The van der Waals surface area contributed by atoms with Gasteiger partial charge in [-0.25, -0.2) is 0 Å². The molecule has 0 atom stereocenters. The van der Waals surface area contributed by atoms with E-state index in [0.29, 0.717) is 0 Å². The van der Waals surface area contributed by atoms with E-state index in [1.54, 1.807) is 0 Å². The number of aryl methyl sites for hydroxylation is 1. The molecule has 1 aromatic heterocycles. The molecule has 0 fully saturated rings. The predicted molar refractivity (Wildman–Crippen MR) is 53.7 cm³/mol. The fraction of sp³-hybridized carbons (Fsp3) is 0.100. The second kappa shape index (κ2) is 3.23. The lowest BCUT2D eigenvalue weighted by Gasteiger charge is -1.98. The van der Waals surface area contributed by atoms with Crippen LogP contribution in [-0.2, 0) is 4.57 Å². The predicted octanol–water partition coefficient (Wildman–Crippen LogP) is 2.46. The molecule has 0 aliphatic heterocycles. The summed E-state index contributed by atoms with van der Waals surface area (Å²) in [5.41, 5.74) is 1.95. The molecule has 0 saturated carbocycles. The molecule has 2 nitrogen and oxygen atoms in total. The molecule has 64 valence electrons. The number of benzene rings is 1. The number of hydrogen-bond acceptors (Lipinski definition) is 2. The quantitative estimate of drug-likeness (QED) is 0.645. The van der Waals surface area contributed by atoms with Crippen molar-refractivity contribution in [2.24, 2.45) is 0 Å². The molecule has 0 amide bonds. The van der Waals surface area contributed by atoms with Crippen LogP contribution in [0.2, 0.25) is 0 Å². The van der Waals surface area contributed by atoms with Gasteiger partial charge >= 0.3 is 0 Å². The third kappa shape index (κ3) is 1.58. The molecule has 3 heteroatoms. The maximum Gasteiger partial charge on any atom is 0.192 e. The fourth-order valence-corrected chi connectivity index (χ4v) is 1.60. The Labute approximate surface area is 77.8 Å². The highest BCUT2D eigenvalue weighted by atomic mass is 31.1. The van der Waals surface area contributed by atoms with Crippen LogP contribution >= 0.6 is 8.46 Å². The van der Waals surface area contributed by atoms with Crippen molar-refractivity contribution in [2.45, 2.75) is 6.92 Å². The fourth-order valence-electron chi connectivity index (χ4n) is 1.27. The molecule has 2 aromatic rings. The van der Waals surface area contributed by atoms with Crippen LogP contribution < -0.4 is 5.30 Å². The zero-order valence-corrected chi connectivity index (χ0v) is 8.08. The molecule has 0 aliphatic carbocycles. The Kier molecular flexibility index (Phi) is 2.07. The first-order chi connectivity index (χ1) is 6.29. The van der Waals surface area contributed by atoms with E-state index in [2.05, 4.69) is 4.98 Å². The molecule has 2 rings (SSSR count). The Balaban J connectivity index is 2.73. The number of hydrogen-bond donors (Lipinski definition) is 0. The minimum Gasteiger partial charge on any atom is -0.269 e. The second-order valence-electron chi connectivity index (χ2n) is 2.92. The average molecular weight is 189 g/mol. The summed E-state index contributed by atoms with van der Waals surface area (Å²) in [5, 5.41) is 1.82. The molecule has 0 saturated heterocycles. The summed E-state index contributed by atoms with van der Waals surface area (Å²) in [7, 11) is 0.0614. The van der Waals surface area contributed by atoms with Gasteiger partial charge in [0.1, 0.15) is 0 Å². The number of aromatic nitrogens is 1. The van der Waals surface area contributed by atoms with E-state index in [0.717, 1.165) is 21.9 Å². The second-order valence-corrected chi connectivity index (χ2v) is 3.62. The topological polar surface area (TPSA) is 30.0 Å². The molecule has 0 bridgehead atoms. The minimum absolute atomic E-state index is 0.0614. The van der Waals surface area contributed by atoms with Crippen LogP contribution in [0.15, 0.2) is 30.3 Å². The number of fused-ring (bicyclic) bond motifs is 1. The maximum absolute atomic E-state index is 10.6. The summed E-state index contributed by atoms with van der Waals surface area (Å²) in [6.07, 6.45) is 0. The van der Waals surface area contributed by atoms with Crippen molar-refractivity contribution in [2.75, 3.05) is 0 Å². The number of pyridine rings is 1. The molecule has 0 N–H and O–H groups in total. The smallest absolute Gasteiger partial charge is 0.192 e. The number of rotatable bonds is 1. The molecule has 1 aromatic carbocycles. The highest BCUT2D eigenvalue weighted by Gasteiger charge is 1.96. The molecule has 0 radical (unpaired) electrons. The summed E-state index contributed by atoms with van der Waals surface area (Å²) in [5.74, 6) is 0. The van der Waals surface area contributed by atoms with E-state index in [9.17, 15) is 4.57 Å². The number of nitrogens with zero attached hydrogens (tertiary/aromatic N) is 1. The van der Waals surface area contributed by atoms with Gasteiger partial charge in [-0.05, 0) is 31.2 Å². The van der Waals surface area contributed by atoms with Crippen molar-refractivity contribution >= 4 is 24.7 Å². The normalized spacial score (nSPS) is 10.8. The van der Waals surface area contributed by atoms with Crippen molar-refractivity contribution in [3.05, 3.63) is 36.0 Å². The van der Waals surface area contributed by atoms with E-state index < -0.39 is 0 Å². The van der Waals surface area contributed by atoms with Crippen LogP contribution in [0.25, 0.3) is 10.9 Å². The summed E-state index contributed by atoms with van der Waals surface area (Å²) >= 11 is 0.